The van der Waals surface area contributed by atoms with Crippen molar-refractivity contribution in [1.82, 2.24) is 4.90 Å². The highest BCUT2D eigenvalue weighted by Crippen LogP contribution is 2.65. The summed E-state index contributed by atoms with van der Waals surface area (Å²) in [5, 5.41) is 11.0. The maximum atomic E-state index is 12.6. The van der Waals surface area contributed by atoms with Crippen LogP contribution in [-0.2, 0) is 9.53 Å². The van der Waals surface area contributed by atoms with Gasteiger partial charge in [0.05, 0.1) is 19.3 Å². The molecule has 4 heteroatoms. The molecule has 27 heavy (non-hydrogen) atoms. The Morgan fingerprint density at radius 1 is 1.07 bits per heavy atom. The Morgan fingerprint density at radius 2 is 1.85 bits per heavy atom. The second-order valence-electron chi connectivity index (χ2n) is 10.8. The first kappa shape index (κ1) is 18.6. The van der Waals surface area contributed by atoms with Crippen molar-refractivity contribution in [3.8, 4) is 0 Å². The number of rotatable bonds is 1. The summed E-state index contributed by atoms with van der Waals surface area (Å²) in [6.45, 7) is 8.36. The molecule has 5 rings (SSSR count). The van der Waals surface area contributed by atoms with Crippen LogP contribution in [-0.4, -0.2) is 54.2 Å². The molecule has 4 nitrogen and oxygen atoms in total. The van der Waals surface area contributed by atoms with Crippen LogP contribution < -0.4 is 0 Å². The van der Waals surface area contributed by atoms with E-state index < -0.39 is 0 Å². The number of hydrogen-bond donors (Lipinski definition) is 1. The van der Waals surface area contributed by atoms with Crippen LogP contribution in [0.1, 0.15) is 65.2 Å². The highest BCUT2D eigenvalue weighted by atomic mass is 16.5. The molecule has 1 saturated heterocycles. The molecular weight excluding hydrogens is 338 g/mol. The third kappa shape index (κ3) is 2.69. The molecule has 5 fully saturated rings. The average molecular weight is 376 g/mol. The maximum absolute atomic E-state index is 12.6. The van der Waals surface area contributed by atoms with Crippen LogP contribution in [0, 0.1) is 34.5 Å². The van der Waals surface area contributed by atoms with Crippen LogP contribution in [0.2, 0.25) is 0 Å². The summed E-state index contributed by atoms with van der Waals surface area (Å²) in [4.78, 5) is 15.1. The largest absolute Gasteiger partial charge is 0.391 e. The third-order valence-electron chi connectivity index (χ3n) is 9.91. The van der Waals surface area contributed by atoms with Gasteiger partial charge in [-0.1, -0.05) is 13.8 Å². The fraction of sp³-hybridized carbons (Fsp3) is 0.957. The Kier molecular flexibility index (Phi) is 4.49. The summed E-state index contributed by atoms with van der Waals surface area (Å²) < 4.78 is 5.56. The van der Waals surface area contributed by atoms with Crippen LogP contribution in [0.3, 0.4) is 0 Å². The standard InChI is InChI=1S/C23H37NO3/c1-22-8-7-18-16(17(22)5-6-21(22)26)4-3-15-13-20(25)19(14-23(15,18)2)24-9-11-27-12-10-24/h15-20,25H,3-14H2,1-2H3. The van der Waals surface area contributed by atoms with Crippen LogP contribution in [0.25, 0.3) is 0 Å². The molecular formula is C23H37NO3. The highest BCUT2D eigenvalue weighted by Gasteiger charge is 2.61. The predicted molar refractivity (Wildman–Crippen MR) is 104 cm³/mol. The van der Waals surface area contributed by atoms with Crippen molar-refractivity contribution >= 4 is 5.78 Å². The van der Waals surface area contributed by atoms with Gasteiger partial charge >= 0.3 is 0 Å². The van der Waals surface area contributed by atoms with Crippen molar-refractivity contribution in [1.29, 1.82) is 0 Å². The van der Waals surface area contributed by atoms with Gasteiger partial charge in [-0.3, -0.25) is 9.69 Å². The van der Waals surface area contributed by atoms with Gasteiger partial charge in [-0.05, 0) is 74.0 Å². The zero-order valence-corrected chi connectivity index (χ0v) is 17.2. The first-order chi connectivity index (χ1) is 12.9. The summed E-state index contributed by atoms with van der Waals surface area (Å²) in [6.07, 6.45) is 8.75. The lowest BCUT2D eigenvalue weighted by molar-refractivity contribution is -0.156. The monoisotopic (exact) mass is 375 g/mol. The lowest BCUT2D eigenvalue weighted by atomic mass is 9.44. The van der Waals surface area contributed by atoms with Gasteiger partial charge in [0.1, 0.15) is 5.78 Å². The number of carbonyl (C=O) groups is 1. The smallest absolute Gasteiger partial charge is 0.139 e. The van der Waals surface area contributed by atoms with E-state index in [1.807, 2.05) is 0 Å². The number of fused-ring (bicyclic) bond motifs is 5. The topological polar surface area (TPSA) is 49.8 Å². The van der Waals surface area contributed by atoms with Crippen LogP contribution >= 0.6 is 0 Å². The van der Waals surface area contributed by atoms with Crippen molar-refractivity contribution in [3.63, 3.8) is 0 Å². The minimum Gasteiger partial charge on any atom is -0.391 e. The van der Waals surface area contributed by atoms with Crippen molar-refractivity contribution in [3.05, 3.63) is 0 Å². The van der Waals surface area contributed by atoms with E-state index in [0.717, 1.165) is 70.2 Å². The van der Waals surface area contributed by atoms with Crippen molar-refractivity contribution in [2.24, 2.45) is 34.5 Å². The number of carbonyl (C=O) groups excluding carboxylic acids is 1. The van der Waals surface area contributed by atoms with E-state index in [-0.39, 0.29) is 11.5 Å². The van der Waals surface area contributed by atoms with E-state index in [9.17, 15) is 9.90 Å². The minimum absolute atomic E-state index is 0.0256. The number of aliphatic hydroxyl groups is 1. The van der Waals surface area contributed by atoms with E-state index in [1.54, 1.807) is 0 Å². The molecule has 4 aliphatic carbocycles. The highest BCUT2D eigenvalue weighted by molar-refractivity contribution is 5.87. The molecule has 0 aromatic heterocycles. The number of aliphatic hydroxyl groups excluding tert-OH is 1. The Labute approximate surface area is 164 Å². The normalized spacial score (nSPS) is 53.5. The van der Waals surface area contributed by atoms with E-state index >= 15 is 0 Å². The van der Waals surface area contributed by atoms with Gasteiger partial charge in [-0.25, -0.2) is 0 Å². The second kappa shape index (κ2) is 6.53. The predicted octanol–water partition coefficient (Wildman–Crippen LogP) is 3.27. The van der Waals surface area contributed by atoms with Crippen LogP contribution in [0.15, 0.2) is 0 Å². The average Bonchev–Trinajstić information content (AvgIpc) is 2.97. The van der Waals surface area contributed by atoms with Crippen molar-refractivity contribution < 1.29 is 14.6 Å². The SMILES string of the molecule is CC12CCC3C(CCC4CC(O)C(N5CCOCC5)CC43C)C1CCC2=O. The summed E-state index contributed by atoms with van der Waals surface area (Å²) in [5.74, 6) is 3.31. The summed E-state index contributed by atoms with van der Waals surface area (Å²) in [5.41, 5.74) is 0.306. The molecule has 1 N–H and O–H groups in total. The number of ether oxygens (including phenoxy) is 1. The van der Waals surface area contributed by atoms with Gasteiger partial charge < -0.3 is 9.84 Å². The molecule has 0 amide bonds. The molecule has 0 spiro atoms. The third-order valence-corrected chi connectivity index (χ3v) is 9.91. The Morgan fingerprint density at radius 3 is 2.63 bits per heavy atom. The fourth-order valence-corrected chi connectivity index (χ4v) is 8.33. The molecule has 8 atom stereocenters. The Bertz CT molecular complexity index is 602. The zero-order chi connectivity index (χ0) is 18.8. The summed E-state index contributed by atoms with van der Waals surface area (Å²) in [6, 6.07) is 0.299. The number of ketones is 1. The fourth-order valence-electron chi connectivity index (χ4n) is 8.33. The number of Topliss-reactive ketones (excluding diaryl/α,β-unsaturated/α-hetero) is 1. The first-order valence-electron chi connectivity index (χ1n) is 11.5. The minimum atomic E-state index is -0.181. The number of morpholine rings is 1. The molecule has 0 radical (unpaired) electrons. The first-order valence-corrected chi connectivity index (χ1v) is 11.5. The molecule has 4 saturated carbocycles. The lowest BCUT2D eigenvalue weighted by Gasteiger charge is -2.62. The van der Waals surface area contributed by atoms with Gasteiger partial charge in [0.15, 0.2) is 0 Å². The van der Waals surface area contributed by atoms with E-state index in [0.29, 0.717) is 29.1 Å². The number of hydrogen-bond acceptors (Lipinski definition) is 4. The zero-order valence-electron chi connectivity index (χ0n) is 17.2. The maximum Gasteiger partial charge on any atom is 0.139 e. The molecule has 0 aromatic carbocycles. The molecule has 0 bridgehead atoms. The molecule has 0 aromatic rings. The lowest BCUT2D eigenvalue weighted by Crippen LogP contribution is -2.60. The van der Waals surface area contributed by atoms with Crippen LogP contribution in [0.4, 0.5) is 0 Å². The molecule has 1 aliphatic heterocycles. The molecule has 152 valence electrons. The van der Waals surface area contributed by atoms with E-state index in [1.165, 1.54) is 19.3 Å². The van der Waals surface area contributed by atoms with E-state index in [2.05, 4.69) is 18.7 Å². The van der Waals surface area contributed by atoms with Gasteiger partial charge in [0.2, 0.25) is 0 Å². The Balaban J connectivity index is 1.41. The van der Waals surface area contributed by atoms with Crippen LogP contribution in [0.5, 0.6) is 0 Å². The van der Waals surface area contributed by atoms with E-state index in [4.69, 9.17) is 4.74 Å². The van der Waals surface area contributed by atoms with Gasteiger partial charge in [0, 0.05) is 31.0 Å². The second-order valence-corrected chi connectivity index (χ2v) is 10.8. The summed E-state index contributed by atoms with van der Waals surface area (Å²) >= 11 is 0. The van der Waals surface area contributed by atoms with Gasteiger partial charge in [-0.15, -0.1) is 0 Å². The molecule has 1 heterocycles. The van der Waals surface area contributed by atoms with Gasteiger partial charge in [0.25, 0.3) is 0 Å². The summed E-state index contributed by atoms with van der Waals surface area (Å²) in [7, 11) is 0. The number of nitrogens with zero attached hydrogens (tertiary/aromatic N) is 1. The molecule has 8 unspecified atom stereocenters. The Hall–Kier alpha value is -0.450. The van der Waals surface area contributed by atoms with Gasteiger partial charge in [-0.2, -0.15) is 0 Å². The van der Waals surface area contributed by atoms with Crippen molar-refractivity contribution in [2.45, 2.75) is 77.4 Å². The quantitative estimate of drug-likeness (QED) is 0.764. The molecule has 5 aliphatic rings. The van der Waals surface area contributed by atoms with Crippen molar-refractivity contribution in [2.75, 3.05) is 26.3 Å².